The van der Waals surface area contributed by atoms with Crippen molar-refractivity contribution in [1.29, 1.82) is 0 Å². The van der Waals surface area contributed by atoms with Crippen molar-refractivity contribution >= 4 is 28.5 Å². The first-order valence-corrected chi connectivity index (χ1v) is 8.92. The molecular formula is C22H26N4. The number of fused-ring (bicyclic) bond motifs is 1. The first-order chi connectivity index (χ1) is 12.6. The van der Waals surface area contributed by atoms with Crippen LogP contribution in [0, 0.1) is 0 Å². The van der Waals surface area contributed by atoms with Crippen molar-refractivity contribution in [3.05, 3.63) is 66.5 Å². The molecule has 0 aliphatic carbocycles. The number of nitrogens with zero attached hydrogens (tertiary/aromatic N) is 4. The van der Waals surface area contributed by atoms with Crippen LogP contribution in [-0.2, 0) is 0 Å². The minimum absolute atomic E-state index is 0.331. The van der Waals surface area contributed by atoms with Gasteiger partial charge in [-0.1, -0.05) is 57.7 Å². The summed E-state index contributed by atoms with van der Waals surface area (Å²) in [6, 6.07) is 15.9. The molecule has 4 heteroatoms. The van der Waals surface area contributed by atoms with Crippen LogP contribution in [0.25, 0.3) is 16.6 Å². The number of allylic oxidation sites excluding steroid dienone is 1. The number of aliphatic imine (C=N–C) groups is 1. The van der Waals surface area contributed by atoms with Crippen LogP contribution in [0.1, 0.15) is 51.4 Å². The standard InChI is InChI=1S/C12H15N.C10H11N3/c1-4-10(3)11-8-6-7-9-12(11)13-5-2;1-7(2)10-11-8-5-3-4-6-9(8)12-13-10/h5-9H,3-4H2,1-2H3;3-7H,1-2H3. The molecular weight excluding hydrogens is 320 g/mol. The Hall–Kier alpha value is -2.88. The van der Waals surface area contributed by atoms with Gasteiger partial charge in [0, 0.05) is 17.7 Å². The zero-order valence-corrected chi connectivity index (χ0v) is 16.0. The molecule has 0 amide bonds. The number of hydrogen-bond donors (Lipinski definition) is 0. The van der Waals surface area contributed by atoms with E-state index in [-0.39, 0.29) is 0 Å². The maximum absolute atomic E-state index is 4.40. The number of rotatable bonds is 4. The molecule has 0 fully saturated rings. The topological polar surface area (TPSA) is 51.0 Å². The fourth-order valence-corrected chi connectivity index (χ4v) is 2.35. The largest absolute Gasteiger partial charge is 0.261 e. The molecule has 0 aliphatic heterocycles. The molecule has 4 nitrogen and oxygen atoms in total. The van der Waals surface area contributed by atoms with Gasteiger partial charge in [0.05, 0.1) is 11.2 Å². The summed E-state index contributed by atoms with van der Waals surface area (Å²) in [7, 11) is 0. The van der Waals surface area contributed by atoms with E-state index >= 15 is 0 Å². The molecule has 0 radical (unpaired) electrons. The summed E-state index contributed by atoms with van der Waals surface area (Å²) in [5, 5.41) is 8.14. The summed E-state index contributed by atoms with van der Waals surface area (Å²) in [4.78, 5) is 8.69. The lowest BCUT2D eigenvalue weighted by atomic mass is 10.0. The molecule has 0 aliphatic rings. The predicted octanol–water partition coefficient (Wildman–Crippen LogP) is 5.98. The second-order valence-electron chi connectivity index (χ2n) is 6.17. The Labute approximate surface area is 155 Å². The van der Waals surface area contributed by atoms with Gasteiger partial charge < -0.3 is 0 Å². The van der Waals surface area contributed by atoms with Crippen LogP contribution in [0.4, 0.5) is 5.69 Å². The Morgan fingerprint density at radius 2 is 1.69 bits per heavy atom. The molecule has 1 heterocycles. The fourth-order valence-electron chi connectivity index (χ4n) is 2.35. The first kappa shape index (κ1) is 19.4. The van der Waals surface area contributed by atoms with Crippen LogP contribution in [0.15, 0.2) is 60.1 Å². The Bertz CT molecular complexity index is 897. The molecule has 0 atom stereocenters. The van der Waals surface area contributed by atoms with E-state index in [1.807, 2.05) is 55.6 Å². The predicted molar refractivity (Wildman–Crippen MR) is 111 cm³/mol. The average molecular weight is 346 g/mol. The quantitative estimate of drug-likeness (QED) is 0.546. The average Bonchev–Trinajstić information content (AvgIpc) is 2.68. The number of aromatic nitrogens is 3. The van der Waals surface area contributed by atoms with Crippen molar-refractivity contribution in [2.75, 3.05) is 0 Å². The molecule has 2 aromatic carbocycles. The Kier molecular flexibility index (Phi) is 7.15. The molecule has 134 valence electrons. The molecule has 0 bridgehead atoms. The number of benzene rings is 2. The molecule has 0 unspecified atom stereocenters. The lowest BCUT2D eigenvalue weighted by Crippen LogP contribution is -1.99. The van der Waals surface area contributed by atoms with Crippen LogP contribution in [0.2, 0.25) is 0 Å². The van der Waals surface area contributed by atoms with E-state index in [4.69, 9.17) is 0 Å². The highest BCUT2D eigenvalue weighted by atomic mass is 15.2. The highest BCUT2D eigenvalue weighted by Crippen LogP contribution is 2.26. The van der Waals surface area contributed by atoms with E-state index in [1.165, 1.54) is 0 Å². The van der Waals surface area contributed by atoms with Crippen molar-refractivity contribution in [3.63, 3.8) is 0 Å². The normalized spacial score (nSPS) is 10.8. The van der Waals surface area contributed by atoms with Gasteiger partial charge in [-0.15, -0.1) is 10.2 Å². The molecule has 0 saturated carbocycles. The second-order valence-corrected chi connectivity index (χ2v) is 6.17. The highest BCUT2D eigenvalue weighted by molar-refractivity contribution is 5.75. The third kappa shape index (κ3) is 5.06. The smallest absolute Gasteiger partial charge is 0.154 e. The maximum Gasteiger partial charge on any atom is 0.154 e. The van der Waals surface area contributed by atoms with E-state index in [0.717, 1.165) is 40.1 Å². The van der Waals surface area contributed by atoms with Crippen LogP contribution in [0.5, 0.6) is 0 Å². The monoisotopic (exact) mass is 346 g/mol. The van der Waals surface area contributed by atoms with Gasteiger partial charge in [0.25, 0.3) is 0 Å². The lowest BCUT2D eigenvalue weighted by Gasteiger charge is -2.05. The molecule has 3 rings (SSSR count). The first-order valence-electron chi connectivity index (χ1n) is 8.92. The third-order valence-corrected chi connectivity index (χ3v) is 3.87. The minimum atomic E-state index is 0.331. The minimum Gasteiger partial charge on any atom is -0.261 e. The zero-order valence-electron chi connectivity index (χ0n) is 16.0. The summed E-state index contributed by atoms with van der Waals surface area (Å²) >= 11 is 0. The Morgan fingerprint density at radius 1 is 1.04 bits per heavy atom. The maximum atomic E-state index is 4.40. The van der Waals surface area contributed by atoms with Gasteiger partial charge in [0.2, 0.25) is 0 Å². The van der Waals surface area contributed by atoms with Gasteiger partial charge in [0.15, 0.2) is 5.82 Å². The highest BCUT2D eigenvalue weighted by Gasteiger charge is 2.04. The van der Waals surface area contributed by atoms with Crippen molar-refractivity contribution in [2.24, 2.45) is 4.99 Å². The van der Waals surface area contributed by atoms with E-state index < -0.39 is 0 Å². The van der Waals surface area contributed by atoms with Gasteiger partial charge in [-0.25, -0.2) is 4.98 Å². The van der Waals surface area contributed by atoms with Gasteiger partial charge in [0.1, 0.15) is 5.52 Å². The molecule has 0 N–H and O–H groups in total. The summed E-state index contributed by atoms with van der Waals surface area (Å²) < 4.78 is 0. The number of hydrogen-bond acceptors (Lipinski definition) is 4. The van der Waals surface area contributed by atoms with Crippen molar-refractivity contribution in [1.82, 2.24) is 15.2 Å². The summed E-state index contributed by atoms with van der Waals surface area (Å²) in [5.74, 6) is 1.14. The van der Waals surface area contributed by atoms with E-state index in [9.17, 15) is 0 Å². The van der Waals surface area contributed by atoms with E-state index in [1.54, 1.807) is 0 Å². The van der Waals surface area contributed by atoms with Gasteiger partial charge in [-0.05, 0) is 37.1 Å². The van der Waals surface area contributed by atoms with Crippen LogP contribution >= 0.6 is 0 Å². The Balaban J connectivity index is 0.000000187. The SMILES string of the molecule is C=C(CC)c1ccccc1N=CC.CC(C)c1nnc2ccccc2n1. The van der Waals surface area contributed by atoms with Crippen LogP contribution < -0.4 is 0 Å². The second kappa shape index (κ2) is 9.56. The van der Waals surface area contributed by atoms with Gasteiger partial charge >= 0.3 is 0 Å². The van der Waals surface area contributed by atoms with E-state index in [2.05, 4.69) is 53.6 Å². The summed E-state index contributed by atoms with van der Waals surface area (Å²) in [5.41, 5.74) is 5.08. The van der Waals surface area contributed by atoms with Crippen LogP contribution in [0.3, 0.4) is 0 Å². The number of para-hydroxylation sites is 2. The van der Waals surface area contributed by atoms with Crippen molar-refractivity contribution in [2.45, 2.75) is 40.0 Å². The van der Waals surface area contributed by atoms with Crippen molar-refractivity contribution in [3.8, 4) is 0 Å². The zero-order chi connectivity index (χ0) is 18.9. The van der Waals surface area contributed by atoms with Crippen molar-refractivity contribution < 1.29 is 0 Å². The molecule has 0 saturated heterocycles. The van der Waals surface area contributed by atoms with Gasteiger partial charge in [-0.3, -0.25) is 4.99 Å². The summed E-state index contributed by atoms with van der Waals surface area (Å²) in [6.07, 6.45) is 2.78. The van der Waals surface area contributed by atoms with Gasteiger partial charge in [-0.2, -0.15) is 0 Å². The fraction of sp³-hybridized carbons (Fsp3) is 0.273. The molecule has 3 aromatic rings. The molecule has 0 spiro atoms. The molecule has 26 heavy (non-hydrogen) atoms. The van der Waals surface area contributed by atoms with Crippen LogP contribution in [-0.4, -0.2) is 21.4 Å². The summed E-state index contributed by atoms with van der Waals surface area (Å²) in [6.45, 7) is 12.2. The lowest BCUT2D eigenvalue weighted by molar-refractivity contribution is 0.751. The molecule has 1 aromatic heterocycles. The Morgan fingerprint density at radius 3 is 2.35 bits per heavy atom. The third-order valence-electron chi connectivity index (χ3n) is 3.87. The van der Waals surface area contributed by atoms with E-state index in [0.29, 0.717) is 5.92 Å².